The molecule has 55 heavy (non-hydrogen) atoms. The zero-order valence-electron chi connectivity index (χ0n) is 29.7. The van der Waals surface area contributed by atoms with Crippen LogP contribution in [-0.2, 0) is 5.41 Å². The molecule has 1 heterocycles. The predicted octanol–water partition coefficient (Wildman–Crippen LogP) is 13.2. The van der Waals surface area contributed by atoms with Crippen LogP contribution in [0, 0.1) is 6.57 Å². The van der Waals surface area contributed by atoms with Crippen molar-refractivity contribution in [2.45, 2.75) is 5.41 Å². The summed E-state index contributed by atoms with van der Waals surface area (Å²) in [5.41, 5.74) is 16.4. The molecule has 0 unspecified atom stereocenters. The van der Waals surface area contributed by atoms with Crippen molar-refractivity contribution in [3.8, 4) is 67.3 Å². The Labute approximate surface area is 319 Å². The molecule has 0 amide bonds. The molecule has 3 heteroatoms. The van der Waals surface area contributed by atoms with Gasteiger partial charge in [-0.2, -0.15) is 0 Å². The Hall–Kier alpha value is -7.41. The maximum atomic E-state index is 8.42. The standard InChI is InChI=1S/C52H31N3/c1-53-46-28-14-27-45-50(46)49-41(23-13-26-44(49)52(45)42-24-11-9-20-38(42)39-21-10-12-25-43(39)52)37-19-7-8-22-40(37)48-32-47(34-16-3-2-4-17-34)54-51(55-48)36-30-29-33-15-5-6-18-35(33)31-36/h2-32H. The normalized spacial score (nSPS) is 12.9. The van der Waals surface area contributed by atoms with Gasteiger partial charge < -0.3 is 0 Å². The minimum Gasteiger partial charge on any atom is -0.238 e. The van der Waals surface area contributed by atoms with Crippen LogP contribution in [0.1, 0.15) is 22.3 Å². The Morgan fingerprint density at radius 1 is 0.382 bits per heavy atom. The van der Waals surface area contributed by atoms with E-state index in [1.165, 1.54) is 33.2 Å². The molecule has 3 nitrogen and oxygen atoms in total. The summed E-state index contributed by atoms with van der Waals surface area (Å²) >= 11 is 0. The Morgan fingerprint density at radius 2 is 0.945 bits per heavy atom. The lowest BCUT2D eigenvalue weighted by Crippen LogP contribution is -2.25. The first-order chi connectivity index (χ1) is 27.2. The lowest BCUT2D eigenvalue weighted by atomic mass is 9.70. The van der Waals surface area contributed by atoms with E-state index in [9.17, 15) is 0 Å². The number of benzene rings is 8. The third-order valence-corrected chi connectivity index (χ3v) is 11.5. The maximum absolute atomic E-state index is 8.42. The van der Waals surface area contributed by atoms with Gasteiger partial charge in [0.2, 0.25) is 0 Å². The van der Waals surface area contributed by atoms with Gasteiger partial charge in [-0.25, -0.2) is 14.8 Å². The third-order valence-electron chi connectivity index (χ3n) is 11.5. The summed E-state index contributed by atoms with van der Waals surface area (Å²) in [6.45, 7) is 8.42. The highest BCUT2D eigenvalue weighted by Crippen LogP contribution is 2.65. The summed E-state index contributed by atoms with van der Waals surface area (Å²) in [4.78, 5) is 14.7. The highest BCUT2D eigenvalue weighted by atomic mass is 14.9. The molecule has 0 radical (unpaired) electrons. The van der Waals surface area contributed by atoms with Gasteiger partial charge in [0.05, 0.1) is 23.4 Å². The van der Waals surface area contributed by atoms with Gasteiger partial charge in [-0.1, -0.05) is 176 Å². The van der Waals surface area contributed by atoms with Gasteiger partial charge in [-0.15, -0.1) is 0 Å². The van der Waals surface area contributed by atoms with E-state index in [1.54, 1.807) is 0 Å². The molecule has 0 atom stereocenters. The molecule has 11 rings (SSSR count). The quantitative estimate of drug-likeness (QED) is 0.171. The van der Waals surface area contributed by atoms with Crippen LogP contribution in [0.4, 0.5) is 5.69 Å². The van der Waals surface area contributed by atoms with Crippen LogP contribution >= 0.6 is 0 Å². The van der Waals surface area contributed by atoms with Gasteiger partial charge in [0.15, 0.2) is 11.5 Å². The maximum Gasteiger partial charge on any atom is 0.195 e. The lowest BCUT2D eigenvalue weighted by molar-refractivity contribution is 0.794. The third kappa shape index (κ3) is 4.49. The summed E-state index contributed by atoms with van der Waals surface area (Å²) in [6.07, 6.45) is 0. The first-order valence-corrected chi connectivity index (χ1v) is 18.6. The molecule has 1 aromatic heterocycles. The molecule has 254 valence electrons. The Morgan fingerprint density at radius 3 is 1.69 bits per heavy atom. The van der Waals surface area contributed by atoms with Crippen molar-refractivity contribution in [1.29, 1.82) is 0 Å². The second-order valence-electron chi connectivity index (χ2n) is 14.3. The van der Waals surface area contributed by atoms with Gasteiger partial charge in [0, 0.05) is 16.7 Å². The average Bonchev–Trinajstić information content (AvgIpc) is 3.74. The summed E-state index contributed by atoms with van der Waals surface area (Å²) in [6, 6.07) is 66.4. The van der Waals surface area contributed by atoms with E-state index >= 15 is 0 Å². The molecule has 2 aliphatic rings. The van der Waals surface area contributed by atoms with E-state index in [0.717, 1.165) is 61.3 Å². The minimum atomic E-state index is -0.553. The largest absolute Gasteiger partial charge is 0.238 e. The van der Waals surface area contributed by atoms with Crippen molar-refractivity contribution >= 4 is 16.5 Å². The smallest absolute Gasteiger partial charge is 0.195 e. The summed E-state index contributed by atoms with van der Waals surface area (Å²) in [7, 11) is 0. The van der Waals surface area contributed by atoms with E-state index in [0.29, 0.717) is 11.5 Å². The van der Waals surface area contributed by atoms with Gasteiger partial charge in [0.1, 0.15) is 0 Å². The first kappa shape index (κ1) is 31.1. The van der Waals surface area contributed by atoms with E-state index in [-0.39, 0.29) is 0 Å². The van der Waals surface area contributed by atoms with Gasteiger partial charge in [-0.05, 0) is 78.5 Å². The molecule has 1 spiro atoms. The van der Waals surface area contributed by atoms with Gasteiger partial charge >= 0.3 is 0 Å². The number of hydrogen-bond donors (Lipinski definition) is 0. The summed E-state index contributed by atoms with van der Waals surface area (Å²) < 4.78 is 0. The molecular formula is C52H31N3. The second-order valence-corrected chi connectivity index (χ2v) is 14.3. The fraction of sp³-hybridized carbons (Fsp3) is 0.0192. The van der Waals surface area contributed by atoms with Gasteiger partial charge in [-0.3, -0.25) is 0 Å². The highest BCUT2D eigenvalue weighted by Gasteiger charge is 2.52. The van der Waals surface area contributed by atoms with Crippen molar-refractivity contribution in [1.82, 2.24) is 9.97 Å². The monoisotopic (exact) mass is 697 g/mol. The minimum absolute atomic E-state index is 0.553. The number of fused-ring (bicyclic) bond motifs is 11. The number of rotatable bonds is 4. The topological polar surface area (TPSA) is 30.1 Å². The molecule has 0 fully saturated rings. The van der Waals surface area contributed by atoms with Crippen LogP contribution in [-0.4, -0.2) is 9.97 Å². The van der Waals surface area contributed by atoms with E-state index in [2.05, 4.69) is 181 Å². The molecule has 0 saturated carbocycles. The fourth-order valence-electron chi connectivity index (χ4n) is 9.27. The van der Waals surface area contributed by atoms with Crippen molar-refractivity contribution < 1.29 is 0 Å². The van der Waals surface area contributed by atoms with Crippen LogP contribution < -0.4 is 0 Å². The van der Waals surface area contributed by atoms with Crippen LogP contribution in [0.3, 0.4) is 0 Å². The van der Waals surface area contributed by atoms with Crippen molar-refractivity contribution in [3.63, 3.8) is 0 Å². The van der Waals surface area contributed by atoms with Crippen molar-refractivity contribution in [2.24, 2.45) is 0 Å². The Kier molecular flexibility index (Phi) is 6.83. The van der Waals surface area contributed by atoms with E-state index in [4.69, 9.17) is 16.5 Å². The fourth-order valence-corrected chi connectivity index (χ4v) is 9.27. The summed E-state index contributed by atoms with van der Waals surface area (Å²) in [5, 5.41) is 2.33. The highest BCUT2D eigenvalue weighted by molar-refractivity contribution is 6.05. The number of nitrogens with zero attached hydrogens (tertiary/aromatic N) is 3. The van der Waals surface area contributed by atoms with Crippen molar-refractivity contribution in [3.05, 3.63) is 222 Å². The first-order valence-electron chi connectivity index (χ1n) is 18.6. The Balaban J connectivity index is 1.19. The molecule has 0 bridgehead atoms. The number of hydrogen-bond acceptors (Lipinski definition) is 2. The number of aromatic nitrogens is 2. The molecule has 2 aliphatic carbocycles. The van der Waals surface area contributed by atoms with E-state index in [1.807, 2.05) is 12.1 Å². The molecule has 0 saturated heterocycles. The molecule has 0 N–H and O–H groups in total. The molecule has 9 aromatic rings. The van der Waals surface area contributed by atoms with E-state index < -0.39 is 5.41 Å². The predicted molar refractivity (Wildman–Crippen MR) is 224 cm³/mol. The molecule has 0 aliphatic heterocycles. The zero-order valence-corrected chi connectivity index (χ0v) is 29.7. The zero-order chi connectivity index (χ0) is 36.5. The van der Waals surface area contributed by atoms with Crippen molar-refractivity contribution in [2.75, 3.05) is 0 Å². The van der Waals surface area contributed by atoms with Crippen LogP contribution in [0.15, 0.2) is 188 Å². The van der Waals surface area contributed by atoms with Crippen LogP contribution in [0.2, 0.25) is 0 Å². The van der Waals surface area contributed by atoms with Crippen LogP contribution in [0.5, 0.6) is 0 Å². The molecular weight excluding hydrogens is 667 g/mol. The summed E-state index contributed by atoms with van der Waals surface area (Å²) in [5.74, 6) is 0.675. The average molecular weight is 698 g/mol. The second kappa shape index (κ2) is 12.1. The van der Waals surface area contributed by atoms with Gasteiger partial charge in [0.25, 0.3) is 0 Å². The molecule has 8 aromatic carbocycles. The lowest BCUT2D eigenvalue weighted by Gasteiger charge is -2.30. The SMILES string of the molecule is [C-]#[N+]c1cccc2c1-c1c(-c3ccccc3-c3cc(-c4ccccc4)nc(-c4ccc5ccccc5c4)n3)cccc1C21c2ccccc2-c2ccccc21. The van der Waals surface area contributed by atoms with Crippen LogP contribution in [0.25, 0.3) is 82.9 Å². The Bertz CT molecular complexity index is 3020.